The van der Waals surface area contributed by atoms with Gasteiger partial charge in [0.2, 0.25) is 5.52 Å². The van der Waals surface area contributed by atoms with Gasteiger partial charge in [-0.25, -0.2) is 9.61 Å². The first-order valence-corrected chi connectivity index (χ1v) is 7.94. The van der Waals surface area contributed by atoms with Crippen molar-refractivity contribution in [1.82, 2.24) is 15.3 Å². The fourth-order valence-corrected chi connectivity index (χ4v) is 2.57. The van der Waals surface area contributed by atoms with E-state index in [4.69, 9.17) is 9.74 Å². The van der Waals surface area contributed by atoms with Gasteiger partial charge in [-0.05, 0) is 44.4 Å². The third-order valence-electron chi connectivity index (χ3n) is 3.51. The molecule has 130 valence electrons. The molecule has 3 aromatic rings. The highest BCUT2D eigenvalue weighted by Crippen LogP contribution is 2.39. The number of aliphatic hydroxyl groups is 1. The van der Waals surface area contributed by atoms with Crippen LogP contribution in [-0.2, 0) is 0 Å². The number of pyridine rings is 1. The van der Waals surface area contributed by atoms with Gasteiger partial charge < -0.3 is 15.3 Å². The average Bonchev–Trinajstić information content (AvgIpc) is 3.06. The van der Waals surface area contributed by atoms with Crippen molar-refractivity contribution in [1.29, 1.82) is 0 Å². The van der Waals surface area contributed by atoms with E-state index in [-0.39, 0.29) is 35.6 Å². The lowest BCUT2D eigenvalue weighted by molar-refractivity contribution is -0.382. The lowest BCUT2D eigenvalue weighted by Gasteiger charge is -2.19. The Balaban J connectivity index is 2.15. The Morgan fingerprint density at radius 1 is 1.40 bits per heavy atom. The molecule has 1 aromatic carbocycles. The van der Waals surface area contributed by atoms with E-state index in [1.165, 1.54) is 0 Å². The summed E-state index contributed by atoms with van der Waals surface area (Å²) in [6.45, 7) is 0.0629. The molecular weight excluding hydrogens is 396 g/mol. The predicted octanol–water partition coefficient (Wildman–Crippen LogP) is 2.46. The largest absolute Gasteiger partial charge is 0.395 e. The number of nitro groups is 1. The van der Waals surface area contributed by atoms with Gasteiger partial charge in [0.15, 0.2) is 5.52 Å². The lowest BCUT2D eigenvalue weighted by atomic mass is 10.1. The second-order valence-corrected chi connectivity index (χ2v) is 6.06. The number of halogens is 1. The van der Waals surface area contributed by atoms with Crippen LogP contribution in [0.5, 0.6) is 0 Å². The number of hydrogen-bond donors (Lipinski definition) is 2. The number of hydrogen-bond acceptors (Lipinski definition) is 9. The van der Waals surface area contributed by atoms with Gasteiger partial charge >= 0.3 is 5.69 Å². The van der Waals surface area contributed by atoms with E-state index in [0.29, 0.717) is 11.5 Å². The molecule has 0 unspecified atom stereocenters. The highest BCUT2D eigenvalue weighted by Gasteiger charge is 2.27. The molecule has 0 radical (unpaired) electrons. The number of benzene rings is 1. The molecule has 11 heteroatoms. The summed E-state index contributed by atoms with van der Waals surface area (Å²) >= 11 is 3.30. The molecular formula is C14H13BrN6O4. The third-order valence-corrected chi connectivity index (χ3v) is 3.98. The molecule has 0 bridgehead atoms. The Labute approximate surface area is 149 Å². The van der Waals surface area contributed by atoms with Gasteiger partial charge in [0.1, 0.15) is 11.5 Å². The van der Waals surface area contributed by atoms with E-state index >= 15 is 0 Å². The number of nitro benzene ring substituents is 1. The van der Waals surface area contributed by atoms with Gasteiger partial charge in [-0.1, -0.05) is 0 Å². The third kappa shape index (κ3) is 3.37. The molecule has 0 aliphatic heterocycles. The summed E-state index contributed by atoms with van der Waals surface area (Å²) in [7, 11) is 1.64. The number of anilines is 3. The number of rotatable bonds is 6. The zero-order valence-corrected chi connectivity index (χ0v) is 14.6. The van der Waals surface area contributed by atoms with Gasteiger partial charge in [0, 0.05) is 24.3 Å². The van der Waals surface area contributed by atoms with E-state index in [9.17, 15) is 10.1 Å². The minimum Gasteiger partial charge on any atom is -0.395 e. The molecule has 0 fully saturated rings. The van der Waals surface area contributed by atoms with Gasteiger partial charge in [-0.15, -0.1) is 0 Å². The monoisotopic (exact) mass is 408 g/mol. The Bertz CT molecular complexity index is 914. The summed E-state index contributed by atoms with van der Waals surface area (Å²) in [6, 6.07) is 5.10. The second kappa shape index (κ2) is 6.99. The zero-order chi connectivity index (χ0) is 18.0. The molecule has 10 nitrogen and oxygen atoms in total. The first-order valence-electron chi connectivity index (χ1n) is 7.15. The van der Waals surface area contributed by atoms with Crippen LogP contribution in [0, 0.1) is 10.1 Å². The van der Waals surface area contributed by atoms with Crippen molar-refractivity contribution in [2.24, 2.45) is 0 Å². The SMILES string of the molecule is CN(CCO)c1cc(Nc2ccc(Br)cn2)c2nonc2c1[N+](=O)[O-]. The fraction of sp³-hybridized carbons (Fsp3) is 0.214. The van der Waals surface area contributed by atoms with Crippen molar-refractivity contribution >= 4 is 49.8 Å². The Kier molecular flexibility index (Phi) is 4.76. The second-order valence-electron chi connectivity index (χ2n) is 5.14. The predicted molar refractivity (Wildman–Crippen MR) is 94.0 cm³/mol. The molecule has 0 aliphatic rings. The maximum absolute atomic E-state index is 11.5. The fourth-order valence-electron chi connectivity index (χ4n) is 2.34. The molecule has 0 spiro atoms. The zero-order valence-electron chi connectivity index (χ0n) is 13.0. The van der Waals surface area contributed by atoms with E-state index in [1.807, 2.05) is 0 Å². The molecule has 0 saturated carbocycles. The maximum atomic E-state index is 11.5. The summed E-state index contributed by atoms with van der Waals surface area (Å²) in [5.41, 5.74) is 0.740. The van der Waals surface area contributed by atoms with Crippen LogP contribution in [0.2, 0.25) is 0 Å². The van der Waals surface area contributed by atoms with Gasteiger partial charge in [0.25, 0.3) is 0 Å². The summed E-state index contributed by atoms with van der Waals surface area (Å²) in [5, 5.41) is 31.2. The average molecular weight is 409 g/mol. The number of aliphatic hydroxyl groups excluding tert-OH is 1. The normalized spacial score (nSPS) is 10.8. The van der Waals surface area contributed by atoms with Crippen LogP contribution in [0.1, 0.15) is 0 Å². The van der Waals surface area contributed by atoms with Gasteiger partial charge in [0.05, 0.1) is 17.2 Å². The van der Waals surface area contributed by atoms with E-state index < -0.39 is 4.92 Å². The summed E-state index contributed by atoms with van der Waals surface area (Å²) in [6.07, 6.45) is 1.62. The molecule has 3 rings (SSSR count). The van der Waals surface area contributed by atoms with E-state index in [2.05, 4.69) is 36.5 Å². The van der Waals surface area contributed by atoms with Crippen LogP contribution in [-0.4, -0.2) is 45.5 Å². The summed E-state index contributed by atoms with van der Waals surface area (Å²) in [5.74, 6) is 0.525. The Morgan fingerprint density at radius 2 is 2.16 bits per heavy atom. The maximum Gasteiger partial charge on any atom is 0.323 e. The minimum absolute atomic E-state index is 0.0203. The number of aromatic nitrogens is 3. The quantitative estimate of drug-likeness (QED) is 0.466. The molecule has 25 heavy (non-hydrogen) atoms. The molecule has 0 aliphatic carbocycles. The van der Waals surface area contributed by atoms with Crippen molar-refractivity contribution in [3.05, 3.63) is 39.0 Å². The number of nitrogens with one attached hydrogen (secondary N) is 1. The standard InChI is InChI=1S/C14H13BrN6O4/c1-20(4-5-22)10-6-9(17-11-3-2-8(15)7-16-11)12-13(19-25-18-12)14(10)21(23)24/h2-3,6-7,22H,4-5H2,1H3,(H,16,17). The smallest absolute Gasteiger partial charge is 0.323 e. The Morgan fingerprint density at radius 3 is 2.80 bits per heavy atom. The molecule has 2 N–H and O–H groups in total. The number of nitrogens with zero attached hydrogens (tertiary/aromatic N) is 5. The summed E-state index contributed by atoms with van der Waals surface area (Å²) < 4.78 is 5.53. The van der Waals surface area contributed by atoms with Gasteiger partial charge in [-0.3, -0.25) is 10.1 Å². The van der Waals surface area contributed by atoms with Crippen molar-refractivity contribution in [2.75, 3.05) is 30.4 Å². The van der Waals surface area contributed by atoms with E-state index in [1.54, 1.807) is 36.3 Å². The van der Waals surface area contributed by atoms with Crippen LogP contribution < -0.4 is 10.2 Å². The number of likely N-dealkylation sites (N-methyl/N-ethyl adjacent to an activating group) is 1. The van der Waals surface area contributed by atoms with Crippen molar-refractivity contribution in [3.63, 3.8) is 0 Å². The molecule has 2 aromatic heterocycles. The first-order chi connectivity index (χ1) is 12.0. The van der Waals surface area contributed by atoms with Gasteiger partial charge in [-0.2, -0.15) is 0 Å². The minimum atomic E-state index is -0.544. The highest BCUT2D eigenvalue weighted by atomic mass is 79.9. The lowest BCUT2D eigenvalue weighted by Crippen LogP contribution is -2.22. The van der Waals surface area contributed by atoms with Crippen molar-refractivity contribution in [3.8, 4) is 0 Å². The molecule has 0 atom stereocenters. The van der Waals surface area contributed by atoms with Crippen molar-refractivity contribution < 1.29 is 14.7 Å². The summed E-state index contributed by atoms with van der Waals surface area (Å²) in [4.78, 5) is 16.7. The molecule has 0 amide bonds. The van der Waals surface area contributed by atoms with Crippen molar-refractivity contribution in [2.45, 2.75) is 0 Å². The van der Waals surface area contributed by atoms with Crippen LogP contribution in [0.15, 0.2) is 33.5 Å². The highest BCUT2D eigenvalue weighted by molar-refractivity contribution is 9.10. The topological polar surface area (TPSA) is 130 Å². The van der Waals surface area contributed by atoms with Crippen LogP contribution in [0.3, 0.4) is 0 Å². The molecule has 2 heterocycles. The first kappa shape index (κ1) is 17.0. The molecule has 0 saturated heterocycles. The number of fused-ring (bicyclic) bond motifs is 1. The van der Waals surface area contributed by atoms with Crippen LogP contribution in [0.25, 0.3) is 11.0 Å². The van der Waals surface area contributed by atoms with Crippen LogP contribution in [0.4, 0.5) is 22.9 Å². The van der Waals surface area contributed by atoms with E-state index in [0.717, 1.165) is 4.47 Å². The Hall–Kier alpha value is -2.79. The van der Waals surface area contributed by atoms with Crippen LogP contribution >= 0.6 is 15.9 Å².